The van der Waals surface area contributed by atoms with Gasteiger partial charge in [0.05, 0.1) is 0 Å². The first-order valence-corrected chi connectivity index (χ1v) is 5.16. The molecule has 0 saturated carbocycles. The summed E-state index contributed by atoms with van der Waals surface area (Å²) in [7, 11) is 0. The molecule has 0 amide bonds. The van der Waals surface area contributed by atoms with E-state index in [9.17, 15) is 4.79 Å². The Morgan fingerprint density at radius 3 is 2.42 bits per heavy atom. The van der Waals surface area contributed by atoms with Gasteiger partial charge < -0.3 is 0 Å². The number of hydrogen-bond donors (Lipinski definition) is 1. The Kier molecular flexibility index (Phi) is 3.35. The van der Waals surface area contributed by atoms with E-state index in [1.165, 1.54) is 0 Å². The van der Waals surface area contributed by atoms with Gasteiger partial charge in [0.25, 0.3) is 0 Å². The molecule has 0 fully saturated rings. The second kappa shape index (κ2) is 4.31. The molecular formula is C9H9GeO2. The standard InChI is InChI=1S/C9H9GeO2/c10-6-8(9(11)12)7-4-2-1-3-5-7/h1-5,8H,6H2,(H,11,12). The normalized spacial score (nSPS) is 12.4. The van der Waals surface area contributed by atoms with Crippen LogP contribution in [0.5, 0.6) is 0 Å². The third-order valence-corrected chi connectivity index (χ3v) is 2.56. The molecule has 0 bridgehead atoms. The van der Waals surface area contributed by atoms with Crippen molar-refractivity contribution in [2.45, 2.75) is 11.2 Å². The van der Waals surface area contributed by atoms with E-state index >= 15 is 0 Å². The topological polar surface area (TPSA) is 37.3 Å². The second-order valence-electron chi connectivity index (χ2n) is 2.51. The molecule has 0 aromatic heterocycles. The van der Waals surface area contributed by atoms with Crippen LogP contribution >= 0.6 is 0 Å². The van der Waals surface area contributed by atoms with Gasteiger partial charge in [-0.3, -0.25) is 0 Å². The zero-order chi connectivity index (χ0) is 8.97. The summed E-state index contributed by atoms with van der Waals surface area (Å²) in [5, 5.41) is 9.46. The van der Waals surface area contributed by atoms with E-state index in [4.69, 9.17) is 5.11 Å². The Bertz CT molecular complexity index is 258. The second-order valence-corrected chi connectivity index (χ2v) is 3.36. The zero-order valence-corrected chi connectivity index (χ0v) is 8.62. The fourth-order valence-electron chi connectivity index (χ4n) is 1.03. The van der Waals surface area contributed by atoms with Crippen molar-refractivity contribution in [3.63, 3.8) is 0 Å². The number of rotatable bonds is 3. The van der Waals surface area contributed by atoms with Crippen molar-refractivity contribution in [3.05, 3.63) is 35.9 Å². The molecule has 0 heterocycles. The van der Waals surface area contributed by atoms with Gasteiger partial charge in [0.15, 0.2) is 0 Å². The molecule has 2 nitrogen and oxygen atoms in total. The zero-order valence-electron chi connectivity index (χ0n) is 6.53. The van der Waals surface area contributed by atoms with Gasteiger partial charge in [-0.2, -0.15) is 0 Å². The Morgan fingerprint density at radius 2 is 2.00 bits per heavy atom. The number of carbonyl (C=O) groups is 1. The van der Waals surface area contributed by atoms with Crippen LogP contribution in [0.25, 0.3) is 0 Å². The van der Waals surface area contributed by atoms with E-state index in [1.54, 1.807) is 0 Å². The Morgan fingerprint density at radius 1 is 1.42 bits per heavy atom. The number of benzene rings is 1. The number of carboxylic acids is 1. The first kappa shape index (κ1) is 9.32. The van der Waals surface area contributed by atoms with Crippen molar-refractivity contribution >= 4 is 22.5 Å². The quantitative estimate of drug-likeness (QED) is 0.785. The Labute approximate surface area is 79.8 Å². The maximum atomic E-state index is 10.7. The van der Waals surface area contributed by atoms with Gasteiger partial charge in [-0.15, -0.1) is 0 Å². The van der Waals surface area contributed by atoms with Crippen LogP contribution in [-0.2, 0) is 4.79 Å². The Balaban J connectivity index is 2.88. The summed E-state index contributed by atoms with van der Waals surface area (Å²) in [6.07, 6.45) is 0. The molecule has 1 unspecified atom stereocenters. The number of hydrogen-bond acceptors (Lipinski definition) is 1. The van der Waals surface area contributed by atoms with Gasteiger partial charge in [0.1, 0.15) is 0 Å². The molecule has 1 rings (SSSR count). The van der Waals surface area contributed by atoms with E-state index in [0.717, 1.165) is 5.56 Å². The van der Waals surface area contributed by atoms with E-state index in [2.05, 4.69) is 0 Å². The number of aliphatic carboxylic acids is 1. The molecule has 61 valence electrons. The van der Waals surface area contributed by atoms with Crippen LogP contribution in [0.4, 0.5) is 0 Å². The average Bonchev–Trinajstić information content (AvgIpc) is 2.07. The third-order valence-electron chi connectivity index (χ3n) is 1.70. The van der Waals surface area contributed by atoms with Crippen molar-refractivity contribution in [2.24, 2.45) is 0 Å². The summed E-state index contributed by atoms with van der Waals surface area (Å²) in [4.78, 5) is 10.7. The van der Waals surface area contributed by atoms with Gasteiger partial charge in [-0.1, -0.05) is 0 Å². The van der Waals surface area contributed by atoms with Gasteiger partial charge in [0.2, 0.25) is 0 Å². The molecule has 0 spiro atoms. The van der Waals surface area contributed by atoms with Gasteiger partial charge >= 0.3 is 79.5 Å². The minimum atomic E-state index is -0.747. The van der Waals surface area contributed by atoms with Crippen LogP contribution in [0.3, 0.4) is 0 Å². The fraction of sp³-hybridized carbons (Fsp3) is 0.222. The first-order valence-electron chi connectivity index (χ1n) is 3.68. The van der Waals surface area contributed by atoms with Crippen LogP contribution in [0.1, 0.15) is 11.5 Å². The summed E-state index contributed by atoms with van der Waals surface area (Å²) in [6, 6.07) is 9.31. The molecule has 3 heteroatoms. The summed E-state index contributed by atoms with van der Waals surface area (Å²) >= 11 is 1.88. The Hall–Kier alpha value is -0.767. The van der Waals surface area contributed by atoms with Crippen molar-refractivity contribution < 1.29 is 9.90 Å². The molecule has 1 atom stereocenters. The molecule has 0 aliphatic carbocycles. The van der Waals surface area contributed by atoms with Gasteiger partial charge in [0, 0.05) is 0 Å². The predicted octanol–water partition coefficient (Wildman–Crippen LogP) is 1.44. The molecule has 3 radical (unpaired) electrons. The van der Waals surface area contributed by atoms with Crippen LogP contribution in [-0.4, -0.2) is 27.6 Å². The SMILES string of the molecule is O=C(O)C([CH2][Ge])c1ccccc1. The van der Waals surface area contributed by atoms with E-state index in [1.807, 2.05) is 46.8 Å². The maximum absolute atomic E-state index is 10.7. The van der Waals surface area contributed by atoms with Gasteiger partial charge in [-0.05, 0) is 0 Å². The third kappa shape index (κ3) is 2.11. The molecular weight excluding hydrogens is 213 g/mol. The summed E-state index contributed by atoms with van der Waals surface area (Å²) in [6.45, 7) is 0. The van der Waals surface area contributed by atoms with Gasteiger partial charge in [-0.25, -0.2) is 0 Å². The van der Waals surface area contributed by atoms with Crippen molar-refractivity contribution in [2.75, 3.05) is 0 Å². The van der Waals surface area contributed by atoms with Crippen LogP contribution in [0.2, 0.25) is 5.25 Å². The monoisotopic (exact) mass is 223 g/mol. The van der Waals surface area contributed by atoms with E-state index in [-0.39, 0.29) is 5.92 Å². The molecule has 0 saturated heterocycles. The van der Waals surface area contributed by atoms with E-state index in [0.29, 0.717) is 5.25 Å². The summed E-state index contributed by atoms with van der Waals surface area (Å²) < 4.78 is 0. The minimum absolute atomic E-state index is 0.355. The van der Waals surface area contributed by atoms with Crippen molar-refractivity contribution in [1.29, 1.82) is 0 Å². The first-order chi connectivity index (χ1) is 5.75. The van der Waals surface area contributed by atoms with Crippen molar-refractivity contribution in [3.8, 4) is 0 Å². The van der Waals surface area contributed by atoms with Crippen LogP contribution in [0.15, 0.2) is 30.3 Å². The predicted molar refractivity (Wildman–Crippen MR) is 47.4 cm³/mol. The molecule has 0 aliphatic rings. The fourth-order valence-corrected chi connectivity index (χ4v) is 1.89. The van der Waals surface area contributed by atoms with Crippen LogP contribution < -0.4 is 0 Å². The van der Waals surface area contributed by atoms with E-state index < -0.39 is 5.97 Å². The number of carboxylic acid groups (broad SMARTS) is 1. The molecule has 12 heavy (non-hydrogen) atoms. The molecule has 1 aromatic rings. The average molecular weight is 222 g/mol. The summed E-state index contributed by atoms with van der Waals surface area (Å²) in [5.74, 6) is -1.10. The molecule has 0 aliphatic heterocycles. The van der Waals surface area contributed by atoms with Crippen molar-refractivity contribution in [1.82, 2.24) is 0 Å². The molecule has 1 N–H and O–H groups in total. The van der Waals surface area contributed by atoms with Crippen LogP contribution in [0, 0.1) is 0 Å². The summed E-state index contributed by atoms with van der Waals surface area (Å²) in [5.41, 5.74) is 0.882. The molecule has 1 aromatic carbocycles.